The Balaban J connectivity index is 2.08. The number of rotatable bonds is 4. The van der Waals surface area contributed by atoms with Crippen LogP contribution in [0, 0.1) is 0 Å². The van der Waals surface area contributed by atoms with Gasteiger partial charge in [-0.1, -0.05) is 28.1 Å². The fourth-order valence-corrected chi connectivity index (χ4v) is 2.11. The highest BCUT2D eigenvalue weighted by Gasteiger charge is 2.33. The second kappa shape index (κ2) is 7.04. The highest BCUT2D eigenvalue weighted by atomic mass is 79.9. The molecular formula is C16H13BrF3NO2. The number of hydrogen-bond donors (Lipinski definition) is 1. The van der Waals surface area contributed by atoms with Crippen LogP contribution in [0.25, 0.3) is 0 Å². The van der Waals surface area contributed by atoms with Crippen LogP contribution in [0.3, 0.4) is 0 Å². The number of para-hydroxylation sites is 1. The van der Waals surface area contributed by atoms with Crippen molar-refractivity contribution in [3.63, 3.8) is 0 Å². The van der Waals surface area contributed by atoms with Crippen LogP contribution < -0.4 is 10.1 Å². The monoisotopic (exact) mass is 387 g/mol. The van der Waals surface area contributed by atoms with Crippen LogP contribution in [-0.2, 0) is 11.0 Å². The third kappa shape index (κ3) is 4.72. The van der Waals surface area contributed by atoms with Gasteiger partial charge in [0.15, 0.2) is 6.10 Å². The molecule has 0 radical (unpaired) electrons. The zero-order chi connectivity index (χ0) is 17.0. The Labute approximate surface area is 139 Å². The van der Waals surface area contributed by atoms with Crippen molar-refractivity contribution in [3.8, 4) is 5.75 Å². The molecule has 0 saturated carbocycles. The molecule has 0 spiro atoms. The molecule has 0 saturated heterocycles. The fraction of sp³-hybridized carbons (Fsp3) is 0.188. The summed E-state index contributed by atoms with van der Waals surface area (Å²) < 4.78 is 45.0. The Hall–Kier alpha value is -2.02. The molecule has 122 valence electrons. The number of amides is 1. The molecule has 1 unspecified atom stereocenters. The number of benzene rings is 2. The summed E-state index contributed by atoms with van der Waals surface area (Å²) in [5.41, 5.74) is -1.19. The summed E-state index contributed by atoms with van der Waals surface area (Å²) in [6.45, 7) is 1.47. The van der Waals surface area contributed by atoms with E-state index in [4.69, 9.17) is 4.74 Å². The second-order valence-electron chi connectivity index (χ2n) is 4.75. The summed E-state index contributed by atoms with van der Waals surface area (Å²) in [5, 5.41) is 2.26. The van der Waals surface area contributed by atoms with Gasteiger partial charge < -0.3 is 10.1 Å². The number of alkyl halides is 3. The molecule has 23 heavy (non-hydrogen) atoms. The molecule has 0 aliphatic rings. The quantitative estimate of drug-likeness (QED) is 0.812. The van der Waals surface area contributed by atoms with E-state index < -0.39 is 23.8 Å². The van der Waals surface area contributed by atoms with Crippen molar-refractivity contribution in [1.82, 2.24) is 0 Å². The molecule has 0 fully saturated rings. The molecule has 1 atom stereocenters. The minimum absolute atomic E-state index is 0.295. The van der Waals surface area contributed by atoms with Gasteiger partial charge in [-0.2, -0.15) is 13.2 Å². The molecule has 2 aromatic carbocycles. The first-order valence-corrected chi connectivity index (χ1v) is 7.46. The van der Waals surface area contributed by atoms with E-state index in [2.05, 4.69) is 21.2 Å². The Morgan fingerprint density at radius 2 is 1.74 bits per heavy atom. The maximum Gasteiger partial charge on any atom is 0.418 e. The number of anilines is 1. The predicted molar refractivity (Wildman–Crippen MR) is 84.3 cm³/mol. The van der Waals surface area contributed by atoms with Crippen LogP contribution in [-0.4, -0.2) is 12.0 Å². The normalized spacial score (nSPS) is 12.6. The van der Waals surface area contributed by atoms with Gasteiger partial charge in [-0.3, -0.25) is 4.79 Å². The van der Waals surface area contributed by atoms with Gasteiger partial charge in [0.25, 0.3) is 5.91 Å². The lowest BCUT2D eigenvalue weighted by molar-refractivity contribution is -0.137. The minimum Gasteiger partial charge on any atom is -0.481 e. The number of carbonyl (C=O) groups is 1. The Morgan fingerprint density at radius 1 is 1.13 bits per heavy atom. The zero-order valence-electron chi connectivity index (χ0n) is 12.0. The molecule has 3 nitrogen and oxygen atoms in total. The van der Waals surface area contributed by atoms with Crippen molar-refractivity contribution in [2.45, 2.75) is 19.2 Å². The van der Waals surface area contributed by atoms with Gasteiger partial charge in [0, 0.05) is 4.47 Å². The van der Waals surface area contributed by atoms with Crippen molar-refractivity contribution in [2.75, 3.05) is 5.32 Å². The minimum atomic E-state index is -4.54. The lowest BCUT2D eigenvalue weighted by Gasteiger charge is -2.17. The first-order chi connectivity index (χ1) is 10.8. The van der Waals surface area contributed by atoms with Crippen molar-refractivity contribution in [3.05, 3.63) is 58.6 Å². The van der Waals surface area contributed by atoms with Crippen LogP contribution in [0.1, 0.15) is 12.5 Å². The maximum absolute atomic E-state index is 12.9. The molecule has 2 aromatic rings. The van der Waals surface area contributed by atoms with Crippen molar-refractivity contribution >= 4 is 27.5 Å². The van der Waals surface area contributed by atoms with Gasteiger partial charge in [-0.15, -0.1) is 0 Å². The zero-order valence-corrected chi connectivity index (χ0v) is 13.6. The molecule has 0 aliphatic carbocycles. The molecule has 0 aromatic heterocycles. The van der Waals surface area contributed by atoms with E-state index in [1.165, 1.54) is 25.1 Å². The maximum atomic E-state index is 12.9. The standard InChI is InChI=1S/C16H13BrF3NO2/c1-10(23-12-8-6-11(17)7-9-12)15(22)21-14-5-3-2-4-13(14)16(18,19)20/h2-10H,1H3,(H,21,22). The summed E-state index contributed by atoms with van der Waals surface area (Å²) in [5.74, 6) is -0.218. The van der Waals surface area contributed by atoms with Crippen molar-refractivity contribution in [1.29, 1.82) is 0 Å². The second-order valence-corrected chi connectivity index (χ2v) is 5.66. The van der Waals surface area contributed by atoms with E-state index in [0.29, 0.717) is 5.75 Å². The molecule has 1 N–H and O–H groups in total. The number of hydrogen-bond acceptors (Lipinski definition) is 2. The highest BCUT2D eigenvalue weighted by Crippen LogP contribution is 2.34. The average molecular weight is 388 g/mol. The molecule has 1 amide bonds. The molecule has 0 aliphatic heterocycles. The molecule has 2 rings (SSSR count). The van der Waals surface area contributed by atoms with E-state index in [1.807, 2.05) is 0 Å². The Morgan fingerprint density at radius 3 is 2.35 bits per heavy atom. The van der Waals surface area contributed by atoms with E-state index in [9.17, 15) is 18.0 Å². The van der Waals surface area contributed by atoms with Crippen LogP contribution in [0.4, 0.5) is 18.9 Å². The number of nitrogens with one attached hydrogen (secondary N) is 1. The summed E-state index contributed by atoms with van der Waals surface area (Å²) in [6, 6.07) is 11.6. The predicted octanol–water partition coefficient (Wildman–Crippen LogP) is 4.87. The van der Waals surface area contributed by atoms with Crippen LogP contribution in [0.5, 0.6) is 5.75 Å². The van der Waals surface area contributed by atoms with Gasteiger partial charge in [0.05, 0.1) is 11.3 Å². The SMILES string of the molecule is CC(Oc1ccc(Br)cc1)C(=O)Nc1ccccc1C(F)(F)F. The summed E-state index contributed by atoms with van der Waals surface area (Å²) in [6.07, 6.45) is -5.49. The molecular weight excluding hydrogens is 375 g/mol. The Kier molecular flexibility index (Phi) is 5.30. The number of carbonyl (C=O) groups excluding carboxylic acids is 1. The lowest BCUT2D eigenvalue weighted by Crippen LogP contribution is -2.31. The summed E-state index contributed by atoms with van der Waals surface area (Å²) in [4.78, 5) is 12.1. The largest absolute Gasteiger partial charge is 0.481 e. The first-order valence-electron chi connectivity index (χ1n) is 6.66. The molecule has 7 heteroatoms. The highest BCUT2D eigenvalue weighted by molar-refractivity contribution is 9.10. The topological polar surface area (TPSA) is 38.3 Å². The number of halogens is 4. The van der Waals surface area contributed by atoms with E-state index in [-0.39, 0.29) is 5.69 Å². The van der Waals surface area contributed by atoms with Gasteiger partial charge >= 0.3 is 6.18 Å². The summed E-state index contributed by atoms with van der Waals surface area (Å²) in [7, 11) is 0. The Bertz CT molecular complexity index is 686. The van der Waals surface area contributed by atoms with Crippen LogP contribution >= 0.6 is 15.9 Å². The van der Waals surface area contributed by atoms with E-state index >= 15 is 0 Å². The first kappa shape index (κ1) is 17.3. The third-order valence-electron chi connectivity index (χ3n) is 2.99. The van der Waals surface area contributed by atoms with E-state index in [1.54, 1.807) is 24.3 Å². The van der Waals surface area contributed by atoms with Crippen molar-refractivity contribution < 1.29 is 22.7 Å². The van der Waals surface area contributed by atoms with Gasteiger partial charge in [-0.25, -0.2) is 0 Å². The van der Waals surface area contributed by atoms with E-state index in [0.717, 1.165) is 10.5 Å². The van der Waals surface area contributed by atoms with Crippen LogP contribution in [0.2, 0.25) is 0 Å². The van der Waals surface area contributed by atoms with Gasteiger partial charge in [0.2, 0.25) is 0 Å². The third-order valence-corrected chi connectivity index (χ3v) is 3.51. The number of ether oxygens (including phenoxy) is 1. The lowest BCUT2D eigenvalue weighted by atomic mass is 10.1. The molecule has 0 bridgehead atoms. The fourth-order valence-electron chi connectivity index (χ4n) is 1.84. The smallest absolute Gasteiger partial charge is 0.418 e. The molecule has 0 heterocycles. The average Bonchev–Trinajstić information content (AvgIpc) is 2.49. The van der Waals surface area contributed by atoms with Crippen molar-refractivity contribution in [2.24, 2.45) is 0 Å². The van der Waals surface area contributed by atoms with Gasteiger partial charge in [0.1, 0.15) is 5.75 Å². The van der Waals surface area contributed by atoms with Crippen LogP contribution in [0.15, 0.2) is 53.0 Å². The summed E-state index contributed by atoms with van der Waals surface area (Å²) >= 11 is 3.27. The van der Waals surface area contributed by atoms with Gasteiger partial charge in [-0.05, 0) is 43.3 Å².